The van der Waals surface area contributed by atoms with E-state index >= 15 is 0 Å². The summed E-state index contributed by atoms with van der Waals surface area (Å²) < 4.78 is 33.7. The van der Waals surface area contributed by atoms with E-state index in [-0.39, 0.29) is 29.9 Å². The number of hydrogen-bond acceptors (Lipinski definition) is 4. The molecule has 0 aromatic heterocycles. The number of nitrogens with zero attached hydrogens (tertiary/aromatic N) is 1. The standard InChI is InChI=1S/C23H29ClN2O4S/c1-2-30-20-12-14-21(15-13-20)31(28,29)26(19-9-4-3-5-10-19)17-23(27)25-16-18-8-6-7-11-22(18)24/h6-8,11-15,19H,2-5,9-10,16-17H2,1H3,(H,25,27). The number of carbonyl (C=O) groups excluding carboxylic acids is 1. The van der Waals surface area contributed by atoms with Gasteiger partial charge in [-0.25, -0.2) is 8.42 Å². The molecule has 1 aliphatic carbocycles. The molecule has 0 spiro atoms. The summed E-state index contributed by atoms with van der Waals surface area (Å²) in [7, 11) is -3.83. The Kier molecular flexibility index (Phi) is 8.35. The van der Waals surface area contributed by atoms with Crippen LogP contribution in [-0.4, -0.2) is 37.8 Å². The predicted octanol–water partition coefficient (Wildman–Crippen LogP) is 4.38. The quantitative estimate of drug-likeness (QED) is 0.597. The van der Waals surface area contributed by atoms with Crippen LogP contribution in [0.15, 0.2) is 53.4 Å². The normalized spacial score (nSPS) is 15.1. The number of halogens is 1. The number of carbonyl (C=O) groups is 1. The Labute approximate surface area is 189 Å². The van der Waals surface area contributed by atoms with Gasteiger partial charge in [0, 0.05) is 17.6 Å². The maximum atomic E-state index is 13.4. The van der Waals surface area contributed by atoms with E-state index in [1.165, 1.54) is 16.4 Å². The lowest BCUT2D eigenvalue weighted by atomic mass is 9.95. The van der Waals surface area contributed by atoms with Crippen LogP contribution in [0.25, 0.3) is 0 Å². The molecule has 168 valence electrons. The number of hydrogen-bond donors (Lipinski definition) is 1. The molecule has 8 heteroatoms. The molecule has 6 nitrogen and oxygen atoms in total. The summed E-state index contributed by atoms with van der Waals surface area (Å²) in [6.07, 6.45) is 4.52. The van der Waals surface area contributed by atoms with Gasteiger partial charge >= 0.3 is 0 Å². The molecule has 1 saturated carbocycles. The Hall–Kier alpha value is -2.09. The highest BCUT2D eigenvalue weighted by atomic mass is 35.5. The van der Waals surface area contributed by atoms with E-state index in [1.807, 2.05) is 25.1 Å². The third-order valence-corrected chi connectivity index (χ3v) is 7.74. The number of rotatable bonds is 9. The summed E-state index contributed by atoms with van der Waals surface area (Å²) in [5.74, 6) is 0.267. The summed E-state index contributed by atoms with van der Waals surface area (Å²) >= 11 is 6.16. The van der Waals surface area contributed by atoms with Gasteiger partial charge in [0.05, 0.1) is 18.0 Å². The van der Waals surface area contributed by atoms with Crippen molar-refractivity contribution in [1.29, 1.82) is 0 Å². The minimum atomic E-state index is -3.83. The van der Waals surface area contributed by atoms with Crippen molar-refractivity contribution >= 4 is 27.5 Å². The Bertz CT molecular complexity index is 973. The molecule has 0 saturated heterocycles. The lowest BCUT2D eigenvalue weighted by Crippen LogP contribution is -2.46. The van der Waals surface area contributed by atoms with E-state index in [2.05, 4.69) is 5.32 Å². The number of nitrogens with one attached hydrogen (secondary N) is 1. The van der Waals surface area contributed by atoms with Crippen molar-refractivity contribution in [2.24, 2.45) is 0 Å². The first-order chi connectivity index (χ1) is 14.9. The first kappa shape index (κ1) is 23.6. The van der Waals surface area contributed by atoms with Crippen LogP contribution in [0.3, 0.4) is 0 Å². The maximum Gasteiger partial charge on any atom is 0.243 e. The van der Waals surface area contributed by atoms with Gasteiger partial charge in [-0.15, -0.1) is 0 Å². The highest BCUT2D eigenvalue weighted by molar-refractivity contribution is 7.89. The summed E-state index contributed by atoms with van der Waals surface area (Å²) in [4.78, 5) is 12.9. The zero-order valence-corrected chi connectivity index (χ0v) is 19.3. The van der Waals surface area contributed by atoms with Crippen molar-refractivity contribution < 1.29 is 17.9 Å². The molecule has 0 heterocycles. The Morgan fingerprint density at radius 3 is 2.42 bits per heavy atom. The molecule has 1 N–H and O–H groups in total. The lowest BCUT2D eigenvalue weighted by molar-refractivity contribution is -0.121. The Morgan fingerprint density at radius 1 is 1.10 bits per heavy atom. The molecule has 31 heavy (non-hydrogen) atoms. The smallest absolute Gasteiger partial charge is 0.243 e. The molecular weight excluding hydrogens is 436 g/mol. The third-order valence-electron chi connectivity index (χ3n) is 5.46. The third kappa shape index (κ3) is 6.21. The van der Waals surface area contributed by atoms with Crippen molar-refractivity contribution in [2.75, 3.05) is 13.2 Å². The summed E-state index contributed by atoms with van der Waals surface area (Å²) in [5.41, 5.74) is 0.788. The van der Waals surface area contributed by atoms with Crippen LogP contribution < -0.4 is 10.1 Å². The number of amides is 1. The Morgan fingerprint density at radius 2 is 1.77 bits per heavy atom. The van der Waals surface area contributed by atoms with Gasteiger partial charge in [0.25, 0.3) is 0 Å². The van der Waals surface area contributed by atoms with E-state index in [4.69, 9.17) is 16.3 Å². The summed E-state index contributed by atoms with van der Waals surface area (Å²) in [5, 5.41) is 3.37. The van der Waals surface area contributed by atoms with E-state index < -0.39 is 10.0 Å². The largest absolute Gasteiger partial charge is 0.494 e. The fourth-order valence-electron chi connectivity index (χ4n) is 3.82. The highest BCUT2D eigenvalue weighted by Crippen LogP contribution is 2.28. The van der Waals surface area contributed by atoms with E-state index in [0.29, 0.717) is 17.4 Å². The number of ether oxygens (including phenoxy) is 1. The second-order valence-electron chi connectivity index (χ2n) is 7.61. The maximum absolute atomic E-state index is 13.4. The average molecular weight is 465 g/mol. The summed E-state index contributed by atoms with van der Waals surface area (Å²) in [6, 6.07) is 13.4. The highest BCUT2D eigenvalue weighted by Gasteiger charge is 2.34. The monoisotopic (exact) mass is 464 g/mol. The molecule has 0 unspecified atom stereocenters. The van der Waals surface area contributed by atoms with E-state index in [9.17, 15) is 13.2 Å². The first-order valence-electron chi connectivity index (χ1n) is 10.7. The molecule has 1 amide bonds. The predicted molar refractivity (Wildman–Crippen MR) is 122 cm³/mol. The molecule has 1 fully saturated rings. The van der Waals surface area contributed by atoms with Crippen LogP contribution in [0.4, 0.5) is 0 Å². The van der Waals surface area contributed by atoms with Crippen LogP contribution in [0.1, 0.15) is 44.6 Å². The molecule has 0 atom stereocenters. The van der Waals surface area contributed by atoms with Crippen LogP contribution in [0, 0.1) is 0 Å². The minimum absolute atomic E-state index is 0.167. The topological polar surface area (TPSA) is 75.7 Å². The SMILES string of the molecule is CCOc1ccc(S(=O)(=O)N(CC(=O)NCc2ccccc2Cl)C2CCCCC2)cc1. The van der Waals surface area contributed by atoms with Gasteiger partial charge in [-0.1, -0.05) is 49.1 Å². The van der Waals surface area contributed by atoms with Crippen molar-refractivity contribution in [1.82, 2.24) is 9.62 Å². The second-order valence-corrected chi connectivity index (χ2v) is 9.91. The van der Waals surface area contributed by atoms with Gasteiger partial charge in [-0.3, -0.25) is 4.79 Å². The second kappa shape index (κ2) is 11.0. The zero-order chi connectivity index (χ0) is 22.3. The Balaban J connectivity index is 1.77. The van der Waals surface area contributed by atoms with E-state index in [1.54, 1.807) is 18.2 Å². The molecule has 3 rings (SSSR count). The van der Waals surface area contributed by atoms with Gasteiger partial charge in [0.2, 0.25) is 15.9 Å². The van der Waals surface area contributed by atoms with Crippen molar-refractivity contribution in [3.63, 3.8) is 0 Å². The molecule has 0 radical (unpaired) electrons. The van der Waals surface area contributed by atoms with Crippen molar-refractivity contribution in [2.45, 2.75) is 56.5 Å². The van der Waals surface area contributed by atoms with Gasteiger partial charge in [0.15, 0.2) is 0 Å². The number of benzene rings is 2. The lowest BCUT2D eigenvalue weighted by Gasteiger charge is -2.33. The van der Waals surface area contributed by atoms with Crippen molar-refractivity contribution in [3.05, 3.63) is 59.1 Å². The van der Waals surface area contributed by atoms with Crippen LogP contribution in [-0.2, 0) is 21.4 Å². The van der Waals surface area contributed by atoms with Gasteiger partial charge < -0.3 is 10.1 Å². The number of sulfonamides is 1. The van der Waals surface area contributed by atoms with Gasteiger partial charge in [-0.2, -0.15) is 4.31 Å². The fourth-order valence-corrected chi connectivity index (χ4v) is 5.67. The first-order valence-corrected chi connectivity index (χ1v) is 12.5. The van der Waals surface area contributed by atoms with Crippen molar-refractivity contribution in [3.8, 4) is 5.75 Å². The fraction of sp³-hybridized carbons (Fsp3) is 0.435. The molecule has 2 aromatic carbocycles. The molecule has 1 aliphatic rings. The van der Waals surface area contributed by atoms with Gasteiger partial charge in [-0.05, 0) is 55.7 Å². The van der Waals surface area contributed by atoms with Gasteiger partial charge in [0.1, 0.15) is 5.75 Å². The van der Waals surface area contributed by atoms with Crippen LogP contribution >= 0.6 is 11.6 Å². The van der Waals surface area contributed by atoms with E-state index in [0.717, 1.165) is 37.7 Å². The minimum Gasteiger partial charge on any atom is -0.494 e. The molecule has 0 bridgehead atoms. The van der Waals surface area contributed by atoms with Crippen LogP contribution in [0.5, 0.6) is 5.75 Å². The van der Waals surface area contributed by atoms with Crippen LogP contribution in [0.2, 0.25) is 5.02 Å². The molecule has 0 aliphatic heterocycles. The average Bonchev–Trinajstić information content (AvgIpc) is 2.78. The summed E-state index contributed by atoms with van der Waals surface area (Å²) in [6.45, 7) is 2.41. The zero-order valence-electron chi connectivity index (χ0n) is 17.7. The molecular formula is C23H29ClN2O4S. The molecule has 2 aromatic rings.